The van der Waals surface area contributed by atoms with Crippen LogP contribution in [-0.4, -0.2) is 27.6 Å². The van der Waals surface area contributed by atoms with Crippen molar-refractivity contribution in [3.05, 3.63) is 24.3 Å². The third-order valence-electron chi connectivity index (χ3n) is 1.36. The van der Waals surface area contributed by atoms with Gasteiger partial charge in [0.25, 0.3) is 0 Å². The van der Waals surface area contributed by atoms with Crippen molar-refractivity contribution < 1.29 is 55.1 Å². The summed E-state index contributed by atoms with van der Waals surface area (Å²) in [6.45, 7) is 0. The molecular formula is C7H7NaO6S2. The van der Waals surface area contributed by atoms with Crippen LogP contribution in [0.25, 0.3) is 0 Å². The van der Waals surface area contributed by atoms with Gasteiger partial charge < -0.3 is 8.74 Å². The van der Waals surface area contributed by atoms with Crippen molar-refractivity contribution in [2.24, 2.45) is 0 Å². The first-order valence-electron chi connectivity index (χ1n) is 3.64. The van der Waals surface area contributed by atoms with Gasteiger partial charge in [0, 0.05) is 0 Å². The minimum Gasteiger partial charge on any atom is -0.744 e. The molecule has 16 heavy (non-hydrogen) atoms. The van der Waals surface area contributed by atoms with E-state index in [2.05, 4.69) is 4.18 Å². The minimum atomic E-state index is -4.52. The zero-order chi connectivity index (χ0) is 11.7. The van der Waals surface area contributed by atoms with Crippen LogP contribution in [0.2, 0.25) is 0 Å². The predicted molar refractivity (Wildman–Crippen MR) is 49.9 cm³/mol. The largest absolute Gasteiger partial charge is 1.00 e. The summed E-state index contributed by atoms with van der Waals surface area (Å²) in [6.07, 6.45) is 0.852. The Labute approximate surface area is 116 Å². The van der Waals surface area contributed by atoms with E-state index < -0.39 is 25.1 Å². The summed E-state index contributed by atoms with van der Waals surface area (Å²) in [5.41, 5.74) is 0. The quantitative estimate of drug-likeness (QED) is 0.329. The van der Waals surface area contributed by atoms with Crippen LogP contribution >= 0.6 is 0 Å². The summed E-state index contributed by atoms with van der Waals surface area (Å²) >= 11 is 0. The Hall–Kier alpha value is -0.120. The molecule has 0 aliphatic rings. The molecule has 0 heterocycles. The second-order valence-corrected chi connectivity index (χ2v) is 5.67. The van der Waals surface area contributed by atoms with Crippen molar-refractivity contribution in [3.63, 3.8) is 0 Å². The Morgan fingerprint density at radius 2 is 1.50 bits per heavy atom. The SMILES string of the molecule is CS(=O)(=O)Oc1ccc(S(=O)(=O)[O-])cc1.[Na+]. The van der Waals surface area contributed by atoms with Crippen LogP contribution in [0.3, 0.4) is 0 Å². The second kappa shape index (κ2) is 5.48. The van der Waals surface area contributed by atoms with Gasteiger partial charge in [-0.3, -0.25) is 0 Å². The van der Waals surface area contributed by atoms with Crippen LogP contribution in [0, 0.1) is 0 Å². The van der Waals surface area contributed by atoms with Crippen molar-refractivity contribution in [2.45, 2.75) is 4.90 Å². The summed E-state index contributed by atoms with van der Waals surface area (Å²) in [5.74, 6) is -0.0510. The van der Waals surface area contributed by atoms with Gasteiger partial charge in [-0.15, -0.1) is 0 Å². The van der Waals surface area contributed by atoms with E-state index in [-0.39, 0.29) is 35.3 Å². The first-order chi connectivity index (χ1) is 6.68. The summed E-state index contributed by atoms with van der Waals surface area (Å²) in [4.78, 5) is -0.441. The fourth-order valence-electron chi connectivity index (χ4n) is 0.837. The number of hydrogen-bond acceptors (Lipinski definition) is 6. The molecular weight excluding hydrogens is 267 g/mol. The molecule has 0 aliphatic carbocycles. The van der Waals surface area contributed by atoms with Crippen molar-refractivity contribution >= 4 is 20.2 Å². The van der Waals surface area contributed by atoms with Gasteiger partial charge in [-0.05, 0) is 24.3 Å². The monoisotopic (exact) mass is 274 g/mol. The summed E-state index contributed by atoms with van der Waals surface area (Å²) in [5, 5.41) is 0. The van der Waals surface area contributed by atoms with E-state index in [4.69, 9.17) is 0 Å². The summed E-state index contributed by atoms with van der Waals surface area (Å²) in [6, 6.07) is 4.13. The Bertz CT molecular complexity index is 545. The Morgan fingerprint density at radius 1 is 1.06 bits per heavy atom. The fraction of sp³-hybridized carbons (Fsp3) is 0.143. The molecule has 0 unspecified atom stereocenters. The van der Waals surface area contributed by atoms with Crippen molar-refractivity contribution in [2.75, 3.05) is 6.26 Å². The molecule has 84 valence electrons. The van der Waals surface area contributed by atoms with Gasteiger partial charge >= 0.3 is 39.7 Å². The van der Waals surface area contributed by atoms with Gasteiger partial charge in [0.1, 0.15) is 15.9 Å². The molecule has 0 saturated heterocycles. The van der Waals surface area contributed by atoms with Crippen molar-refractivity contribution in [3.8, 4) is 5.75 Å². The van der Waals surface area contributed by atoms with Crippen LogP contribution in [0.1, 0.15) is 0 Å². The van der Waals surface area contributed by atoms with E-state index in [0.29, 0.717) is 0 Å². The van der Waals surface area contributed by atoms with Gasteiger partial charge in [0.05, 0.1) is 11.2 Å². The topological polar surface area (TPSA) is 101 Å². The number of rotatable bonds is 3. The molecule has 0 atom stereocenters. The van der Waals surface area contributed by atoms with E-state index in [9.17, 15) is 21.4 Å². The zero-order valence-corrected chi connectivity index (χ0v) is 12.2. The molecule has 9 heteroatoms. The molecule has 0 spiro atoms. The standard InChI is InChI=1S/C7H8O6S2.Na/c1-14(8,9)13-6-2-4-7(5-3-6)15(10,11)12;/h2-5H,1H3,(H,10,11,12);/q;+1/p-1. The maximum atomic E-state index is 10.7. The fourth-order valence-corrected chi connectivity index (χ4v) is 1.77. The predicted octanol–water partition coefficient (Wildman–Crippen LogP) is -3.07. The molecule has 1 aromatic rings. The van der Waals surface area contributed by atoms with Crippen LogP contribution < -0.4 is 33.7 Å². The maximum absolute atomic E-state index is 10.7. The average molecular weight is 274 g/mol. The van der Waals surface area contributed by atoms with E-state index in [1.807, 2.05) is 0 Å². The summed E-state index contributed by atoms with van der Waals surface area (Å²) < 4.78 is 57.3. The molecule has 0 aliphatic heterocycles. The third-order valence-corrected chi connectivity index (χ3v) is 2.70. The minimum absolute atomic E-state index is 0. The van der Waals surface area contributed by atoms with Gasteiger partial charge in [0.15, 0.2) is 0 Å². The molecule has 0 radical (unpaired) electrons. The van der Waals surface area contributed by atoms with Crippen LogP contribution in [-0.2, 0) is 20.2 Å². The van der Waals surface area contributed by atoms with Crippen LogP contribution in [0.4, 0.5) is 0 Å². The van der Waals surface area contributed by atoms with Gasteiger partial charge in [-0.1, -0.05) is 0 Å². The van der Waals surface area contributed by atoms with E-state index in [1.165, 1.54) is 0 Å². The first kappa shape index (κ1) is 15.9. The normalized spacial score (nSPS) is 11.6. The van der Waals surface area contributed by atoms with Crippen LogP contribution in [0.15, 0.2) is 29.2 Å². The molecule has 0 N–H and O–H groups in total. The molecule has 0 amide bonds. The number of hydrogen-bond donors (Lipinski definition) is 0. The molecule has 6 nitrogen and oxygen atoms in total. The smallest absolute Gasteiger partial charge is 0.744 e. The number of benzene rings is 1. The molecule has 0 fully saturated rings. The molecule has 0 bridgehead atoms. The van der Waals surface area contributed by atoms with Gasteiger partial charge in [0.2, 0.25) is 0 Å². The van der Waals surface area contributed by atoms with Crippen LogP contribution in [0.5, 0.6) is 5.75 Å². The Balaban J connectivity index is 0.00000225. The molecule has 1 rings (SSSR count). The van der Waals surface area contributed by atoms with E-state index in [1.54, 1.807) is 0 Å². The second-order valence-electron chi connectivity index (χ2n) is 2.71. The first-order valence-corrected chi connectivity index (χ1v) is 6.86. The van der Waals surface area contributed by atoms with Crippen molar-refractivity contribution in [1.82, 2.24) is 0 Å². The van der Waals surface area contributed by atoms with Crippen molar-refractivity contribution in [1.29, 1.82) is 0 Å². The van der Waals surface area contributed by atoms with Gasteiger partial charge in [-0.25, -0.2) is 8.42 Å². The molecule has 0 aromatic heterocycles. The Kier molecular flexibility index (Phi) is 5.44. The maximum Gasteiger partial charge on any atom is 1.00 e. The summed E-state index contributed by atoms with van der Waals surface area (Å²) in [7, 11) is -8.17. The van der Waals surface area contributed by atoms with Gasteiger partial charge in [-0.2, -0.15) is 8.42 Å². The Morgan fingerprint density at radius 3 is 1.81 bits per heavy atom. The average Bonchev–Trinajstić information content (AvgIpc) is 2.00. The molecule has 1 aromatic carbocycles. The molecule has 0 saturated carbocycles. The third kappa shape index (κ3) is 5.28. The van der Waals surface area contributed by atoms with E-state index in [0.717, 1.165) is 30.5 Å². The van der Waals surface area contributed by atoms with E-state index >= 15 is 0 Å². The zero-order valence-electron chi connectivity index (χ0n) is 8.58.